The Morgan fingerprint density at radius 3 is 2.56 bits per heavy atom. The third kappa shape index (κ3) is 3.36. The predicted octanol–water partition coefficient (Wildman–Crippen LogP) is 2.93. The van der Waals surface area contributed by atoms with Crippen LogP contribution in [0.15, 0.2) is 18.5 Å². The monoisotopic (exact) mass is 460 g/mol. The van der Waals surface area contributed by atoms with E-state index in [4.69, 9.17) is 4.98 Å². The van der Waals surface area contributed by atoms with Gasteiger partial charge in [0.05, 0.1) is 18.3 Å². The third-order valence-electron chi connectivity index (χ3n) is 6.89. The van der Waals surface area contributed by atoms with Gasteiger partial charge >= 0.3 is 0 Å². The quantitative estimate of drug-likeness (QED) is 0.406. The number of hydrogen-bond donors (Lipinski definition) is 1. The van der Waals surface area contributed by atoms with Crippen molar-refractivity contribution >= 4 is 45.9 Å². The highest BCUT2D eigenvalue weighted by atomic mass is 16.2. The van der Waals surface area contributed by atoms with E-state index in [0.29, 0.717) is 42.4 Å². The van der Waals surface area contributed by atoms with Crippen LogP contribution in [0.5, 0.6) is 0 Å². The molecule has 2 fully saturated rings. The van der Waals surface area contributed by atoms with Crippen molar-refractivity contribution < 1.29 is 9.59 Å². The van der Waals surface area contributed by atoms with Crippen LogP contribution in [0.1, 0.15) is 48.8 Å². The van der Waals surface area contributed by atoms with Crippen LogP contribution in [0.2, 0.25) is 0 Å². The molecule has 2 saturated carbocycles. The van der Waals surface area contributed by atoms with Gasteiger partial charge in [0.25, 0.3) is 0 Å². The lowest BCUT2D eigenvalue weighted by Gasteiger charge is -2.22. The number of nitrogens with one attached hydrogen (secondary N) is 1. The maximum Gasteiger partial charge on any atom is 0.229 e. The molecule has 4 heterocycles. The minimum Gasteiger partial charge on any atom is -0.336 e. The largest absolute Gasteiger partial charge is 0.336 e. The summed E-state index contributed by atoms with van der Waals surface area (Å²) < 4.78 is 5.62. The Bertz CT molecular complexity index is 1420. The van der Waals surface area contributed by atoms with Gasteiger partial charge in [-0.3, -0.25) is 14.3 Å². The number of imidazole rings is 1. The molecule has 4 aromatic rings. The average molecular weight is 461 g/mol. The smallest absolute Gasteiger partial charge is 0.229 e. The standard InChI is InChI=1S/C24H28N8O2/c1-4-31-16(11-20(34)32(14-5-6-14)15-7-8-15)9-18-22-21(25-13-29(22)2)23(27-24(18)31)26-19-10-17(12-33)30(3)28-19/h9-10,12-15H,4-8,11H2,1-3H3,(H,26,27,28). The molecule has 0 bridgehead atoms. The number of aldehydes is 1. The molecule has 1 N–H and O–H groups in total. The molecule has 2 aliphatic carbocycles. The van der Waals surface area contributed by atoms with E-state index in [1.165, 1.54) is 4.68 Å². The van der Waals surface area contributed by atoms with Gasteiger partial charge in [0.1, 0.15) is 16.9 Å². The Balaban J connectivity index is 1.43. The lowest BCUT2D eigenvalue weighted by Crippen LogP contribution is -2.36. The summed E-state index contributed by atoms with van der Waals surface area (Å²) in [6.07, 6.45) is 7.43. The Hall–Kier alpha value is -3.69. The first kappa shape index (κ1) is 20.9. The molecule has 0 spiro atoms. The lowest BCUT2D eigenvalue weighted by molar-refractivity contribution is -0.131. The molecule has 4 aromatic heterocycles. The van der Waals surface area contributed by atoms with E-state index in [9.17, 15) is 9.59 Å². The van der Waals surface area contributed by atoms with Gasteiger partial charge in [-0.1, -0.05) is 0 Å². The summed E-state index contributed by atoms with van der Waals surface area (Å²) in [5.74, 6) is 1.32. The van der Waals surface area contributed by atoms with Crippen LogP contribution >= 0.6 is 0 Å². The van der Waals surface area contributed by atoms with Crippen molar-refractivity contribution in [2.75, 3.05) is 5.32 Å². The number of amides is 1. The summed E-state index contributed by atoms with van der Waals surface area (Å²) in [6, 6.07) is 4.65. The van der Waals surface area contributed by atoms with Gasteiger partial charge in [0.2, 0.25) is 5.91 Å². The number of carbonyl (C=O) groups is 2. The Kier molecular flexibility index (Phi) is 4.72. The molecular weight excluding hydrogens is 432 g/mol. The molecule has 176 valence electrons. The van der Waals surface area contributed by atoms with Crippen LogP contribution in [-0.2, 0) is 31.9 Å². The molecular formula is C24H28N8O2. The topological polar surface area (TPSA) is 103 Å². The number of pyridine rings is 1. The second-order valence-corrected chi connectivity index (χ2v) is 9.39. The molecule has 0 aromatic carbocycles. The number of aromatic nitrogens is 6. The zero-order chi connectivity index (χ0) is 23.6. The number of aryl methyl sites for hydroxylation is 3. The first-order valence-electron chi connectivity index (χ1n) is 11.9. The van der Waals surface area contributed by atoms with Crippen LogP contribution in [0, 0.1) is 0 Å². The highest BCUT2D eigenvalue weighted by Crippen LogP contribution is 2.38. The van der Waals surface area contributed by atoms with Crippen LogP contribution < -0.4 is 5.32 Å². The van der Waals surface area contributed by atoms with Crippen LogP contribution in [0.4, 0.5) is 11.6 Å². The van der Waals surface area contributed by atoms with Gasteiger partial charge in [-0.15, -0.1) is 0 Å². The second-order valence-electron chi connectivity index (χ2n) is 9.39. The van der Waals surface area contributed by atoms with E-state index in [1.54, 1.807) is 19.4 Å². The molecule has 0 radical (unpaired) electrons. The van der Waals surface area contributed by atoms with E-state index >= 15 is 0 Å². The average Bonchev–Trinajstić information content (AvgIpc) is 3.72. The summed E-state index contributed by atoms with van der Waals surface area (Å²) in [4.78, 5) is 36.2. The summed E-state index contributed by atoms with van der Waals surface area (Å²) >= 11 is 0. The molecule has 0 aliphatic heterocycles. The van der Waals surface area contributed by atoms with Crippen LogP contribution in [0.3, 0.4) is 0 Å². The first-order valence-corrected chi connectivity index (χ1v) is 11.9. The highest BCUT2D eigenvalue weighted by Gasteiger charge is 2.42. The zero-order valence-electron chi connectivity index (χ0n) is 19.7. The predicted molar refractivity (Wildman–Crippen MR) is 128 cm³/mol. The van der Waals surface area contributed by atoms with E-state index in [-0.39, 0.29) is 5.91 Å². The maximum absolute atomic E-state index is 13.3. The van der Waals surface area contributed by atoms with Crippen molar-refractivity contribution in [1.82, 2.24) is 33.8 Å². The molecule has 34 heavy (non-hydrogen) atoms. The molecule has 0 saturated heterocycles. The van der Waals surface area contributed by atoms with Crippen molar-refractivity contribution in [2.45, 2.75) is 57.7 Å². The molecule has 0 atom stereocenters. The fourth-order valence-electron chi connectivity index (χ4n) is 4.98. The number of nitrogens with zero attached hydrogens (tertiary/aromatic N) is 7. The van der Waals surface area contributed by atoms with Gasteiger partial charge in [-0.2, -0.15) is 5.10 Å². The zero-order valence-corrected chi connectivity index (χ0v) is 19.7. The maximum atomic E-state index is 13.3. The molecule has 10 heteroatoms. The molecule has 6 rings (SSSR count). The third-order valence-corrected chi connectivity index (χ3v) is 6.89. The Labute approximate surface area is 196 Å². The number of carbonyl (C=O) groups excluding carboxylic acids is 2. The van der Waals surface area contributed by atoms with Crippen molar-refractivity contribution in [3.05, 3.63) is 29.8 Å². The normalized spacial score (nSPS) is 15.9. The van der Waals surface area contributed by atoms with Gasteiger partial charge in [-0.05, 0) is 38.7 Å². The molecule has 1 amide bonds. The highest BCUT2D eigenvalue weighted by molar-refractivity contribution is 6.07. The molecule has 0 unspecified atom stereocenters. The minimum absolute atomic E-state index is 0.219. The Morgan fingerprint density at radius 2 is 1.94 bits per heavy atom. The molecule has 2 aliphatic rings. The minimum atomic E-state index is 0.219. The Morgan fingerprint density at radius 1 is 1.21 bits per heavy atom. The first-order chi connectivity index (χ1) is 16.5. The summed E-state index contributed by atoms with van der Waals surface area (Å²) in [5.41, 5.74) is 3.91. The fraction of sp³-hybridized carbons (Fsp3) is 0.458. The summed E-state index contributed by atoms with van der Waals surface area (Å²) in [5, 5.41) is 8.59. The van der Waals surface area contributed by atoms with E-state index in [0.717, 1.165) is 59.7 Å². The van der Waals surface area contributed by atoms with Crippen LogP contribution in [0.25, 0.3) is 22.1 Å². The fourth-order valence-corrected chi connectivity index (χ4v) is 4.98. The van der Waals surface area contributed by atoms with Crippen molar-refractivity contribution in [2.24, 2.45) is 14.1 Å². The second kappa shape index (κ2) is 7.68. The van der Waals surface area contributed by atoms with Crippen molar-refractivity contribution in [3.63, 3.8) is 0 Å². The summed E-state index contributed by atoms with van der Waals surface area (Å²) in [7, 11) is 3.68. The van der Waals surface area contributed by atoms with E-state index < -0.39 is 0 Å². The van der Waals surface area contributed by atoms with Gasteiger partial charge in [0.15, 0.2) is 17.9 Å². The lowest BCUT2D eigenvalue weighted by atomic mass is 10.2. The number of fused-ring (bicyclic) bond motifs is 3. The van der Waals surface area contributed by atoms with Crippen LogP contribution in [-0.4, -0.2) is 58.1 Å². The van der Waals surface area contributed by atoms with Crippen molar-refractivity contribution in [1.29, 1.82) is 0 Å². The molecule has 10 nitrogen and oxygen atoms in total. The van der Waals surface area contributed by atoms with E-state index in [1.807, 2.05) is 11.6 Å². The van der Waals surface area contributed by atoms with Gasteiger partial charge in [0, 0.05) is 49.9 Å². The van der Waals surface area contributed by atoms with Gasteiger partial charge < -0.3 is 19.4 Å². The number of hydrogen-bond acceptors (Lipinski definition) is 6. The SMILES string of the molecule is CCn1c(CC(=O)N(C2CC2)C2CC2)cc2c3c(ncn3C)c(Nc3cc(C=O)n(C)n3)nc21. The van der Waals surface area contributed by atoms with Gasteiger partial charge in [-0.25, -0.2) is 9.97 Å². The summed E-state index contributed by atoms with van der Waals surface area (Å²) in [6.45, 7) is 2.78. The van der Waals surface area contributed by atoms with Crippen molar-refractivity contribution in [3.8, 4) is 0 Å². The number of anilines is 2. The van der Waals surface area contributed by atoms with E-state index in [2.05, 4.69) is 37.9 Å². The number of rotatable bonds is 8.